The standard InChI is InChI=1S/C20H14F2N2OS/c1-10-9-13(5-8-15(10)22)18-23-19(25)17-16(11(2)26-20(17)24-18)12-3-6-14(21)7-4-12/h3-9H,1-2H3,(H,23,24,25). The molecule has 1 N–H and O–H groups in total. The number of nitrogens with zero attached hydrogens (tertiary/aromatic N) is 1. The SMILES string of the molecule is Cc1cc(-c2nc3sc(C)c(-c4ccc(F)cc4)c3c(=O)[nH]2)ccc1F. The molecule has 4 aromatic rings. The molecule has 0 unspecified atom stereocenters. The van der Waals surface area contributed by atoms with Gasteiger partial charge in [0.05, 0.1) is 5.39 Å². The Morgan fingerprint density at radius 3 is 2.38 bits per heavy atom. The zero-order valence-electron chi connectivity index (χ0n) is 14.1. The molecule has 0 aliphatic carbocycles. The van der Waals surface area contributed by atoms with Crippen LogP contribution in [0.15, 0.2) is 47.3 Å². The van der Waals surface area contributed by atoms with Gasteiger partial charge in [-0.2, -0.15) is 0 Å². The van der Waals surface area contributed by atoms with Gasteiger partial charge in [-0.05, 0) is 55.3 Å². The molecular weight excluding hydrogens is 354 g/mol. The number of rotatable bonds is 2. The summed E-state index contributed by atoms with van der Waals surface area (Å²) in [6, 6.07) is 10.7. The fourth-order valence-corrected chi connectivity index (χ4v) is 4.06. The molecule has 2 heterocycles. The Morgan fingerprint density at radius 1 is 1.00 bits per heavy atom. The Kier molecular flexibility index (Phi) is 3.92. The van der Waals surface area contributed by atoms with Gasteiger partial charge in [-0.3, -0.25) is 4.79 Å². The van der Waals surface area contributed by atoms with E-state index in [4.69, 9.17) is 0 Å². The van der Waals surface area contributed by atoms with Crippen molar-refractivity contribution in [1.82, 2.24) is 9.97 Å². The molecule has 0 aliphatic heterocycles. The maximum atomic E-state index is 13.5. The second-order valence-corrected chi connectivity index (χ2v) is 7.30. The van der Waals surface area contributed by atoms with E-state index in [1.807, 2.05) is 6.92 Å². The van der Waals surface area contributed by atoms with Crippen LogP contribution in [0.25, 0.3) is 32.7 Å². The zero-order valence-corrected chi connectivity index (χ0v) is 14.9. The minimum Gasteiger partial charge on any atom is -0.306 e. The van der Waals surface area contributed by atoms with E-state index < -0.39 is 0 Å². The van der Waals surface area contributed by atoms with Crippen molar-refractivity contribution in [1.29, 1.82) is 0 Å². The van der Waals surface area contributed by atoms with Gasteiger partial charge in [0.2, 0.25) is 0 Å². The lowest BCUT2D eigenvalue weighted by atomic mass is 10.0. The Hall–Kier alpha value is -2.86. The molecule has 2 aromatic heterocycles. The van der Waals surface area contributed by atoms with Crippen molar-refractivity contribution in [3.8, 4) is 22.5 Å². The van der Waals surface area contributed by atoms with Crippen molar-refractivity contribution in [2.24, 2.45) is 0 Å². The Morgan fingerprint density at radius 2 is 1.69 bits per heavy atom. The molecule has 4 rings (SSSR count). The average molecular weight is 368 g/mol. The van der Waals surface area contributed by atoms with Crippen molar-refractivity contribution in [2.45, 2.75) is 13.8 Å². The van der Waals surface area contributed by atoms with Crippen molar-refractivity contribution in [3.05, 3.63) is 74.9 Å². The van der Waals surface area contributed by atoms with Gasteiger partial charge in [0.25, 0.3) is 5.56 Å². The third-order valence-electron chi connectivity index (χ3n) is 4.30. The molecule has 0 fully saturated rings. The summed E-state index contributed by atoms with van der Waals surface area (Å²) in [5.41, 5.74) is 2.40. The number of halogens is 2. The van der Waals surface area contributed by atoms with E-state index in [1.165, 1.54) is 29.5 Å². The summed E-state index contributed by atoms with van der Waals surface area (Å²) in [5, 5.41) is 0.488. The van der Waals surface area contributed by atoms with E-state index in [1.54, 1.807) is 31.2 Å². The minimum atomic E-state index is -0.327. The van der Waals surface area contributed by atoms with Crippen LogP contribution in [0, 0.1) is 25.5 Å². The number of aromatic amines is 1. The smallest absolute Gasteiger partial charge is 0.260 e. The van der Waals surface area contributed by atoms with E-state index in [2.05, 4.69) is 9.97 Å². The number of thiophene rings is 1. The summed E-state index contributed by atoms with van der Waals surface area (Å²) in [5.74, 6) is -0.229. The number of H-pyrrole nitrogens is 1. The van der Waals surface area contributed by atoms with Crippen molar-refractivity contribution in [3.63, 3.8) is 0 Å². The molecule has 0 amide bonds. The second kappa shape index (κ2) is 6.14. The van der Waals surface area contributed by atoms with Gasteiger partial charge in [-0.15, -0.1) is 11.3 Å². The molecule has 130 valence electrons. The molecule has 0 saturated heterocycles. The quantitative estimate of drug-likeness (QED) is 0.528. The van der Waals surface area contributed by atoms with E-state index >= 15 is 0 Å². The number of nitrogens with one attached hydrogen (secondary N) is 1. The van der Waals surface area contributed by atoms with Gasteiger partial charge in [0.1, 0.15) is 22.3 Å². The first-order chi connectivity index (χ1) is 12.4. The molecule has 0 saturated carbocycles. The van der Waals surface area contributed by atoms with Gasteiger partial charge in [0.15, 0.2) is 0 Å². The van der Waals surface area contributed by atoms with Gasteiger partial charge in [0, 0.05) is 16.0 Å². The molecule has 0 atom stereocenters. The van der Waals surface area contributed by atoms with E-state index in [9.17, 15) is 13.6 Å². The molecule has 3 nitrogen and oxygen atoms in total. The van der Waals surface area contributed by atoms with Crippen LogP contribution in [0.1, 0.15) is 10.4 Å². The number of fused-ring (bicyclic) bond motifs is 1. The first-order valence-corrected chi connectivity index (χ1v) is 8.81. The van der Waals surface area contributed by atoms with Crippen LogP contribution in [0.4, 0.5) is 8.78 Å². The molecular formula is C20H14F2N2OS. The Balaban J connectivity index is 1.93. The fourth-order valence-electron chi connectivity index (χ4n) is 3.01. The molecule has 26 heavy (non-hydrogen) atoms. The van der Waals surface area contributed by atoms with Crippen LogP contribution in [-0.4, -0.2) is 9.97 Å². The molecule has 0 bridgehead atoms. The maximum Gasteiger partial charge on any atom is 0.260 e. The lowest BCUT2D eigenvalue weighted by molar-refractivity contribution is 0.618. The van der Waals surface area contributed by atoms with E-state index in [-0.39, 0.29) is 17.2 Å². The number of aryl methyl sites for hydroxylation is 2. The number of hydrogen-bond donors (Lipinski definition) is 1. The highest BCUT2D eigenvalue weighted by Gasteiger charge is 2.17. The molecule has 0 aliphatic rings. The van der Waals surface area contributed by atoms with Gasteiger partial charge in [-0.25, -0.2) is 13.8 Å². The van der Waals surface area contributed by atoms with Crippen LogP contribution in [-0.2, 0) is 0 Å². The summed E-state index contributed by atoms with van der Waals surface area (Å²) in [7, 11) is 0. The van der Waals surface area contributed by atoms with Crippen LogP contribution < -0.4 is 5.56 Å². The maximum absolute atomic E-state index is 13.5. The highest BCUT2D eigenvalue weighted by atomic mass is 32.1. The topological polar surface area (TPSA) is 45.8 Å². The largest absolute Gasteiger partial charge is 0.306 e. The number of aromatic nitrogens is 2. The normalized spacial score (nSPS) is 11.2. The van der Waals surface area contributed by atoms with Crippen LogP contribution in [0.5, 0.6) is 0 Å². The molecule has 0 radical (unpaired) electrons. The third-order valence-corrected chi connectivity index (χ3v) is 5.30. The predicted molar refractivity (Wildman–Crippen MR) is 101 cm³/mol. The van der Waals surface area contributed by atoms with E-state index in [0.717, 1.165) is 16.0 Å². The first kappa shape index (κ1) is 16.6. The number of hydrogen-bond acceptors (Lipinski definition) is 3. The first-order valence-electron chi connectivity index (χ1n) is 8.00. The summed E-state index contributed by atoms with van der Waals surface area (Å²) < 4.78 is 26.7. The summed E-state index contributed by atoms with van der Waals surface area (Å²) >= 11 is 1.41. The second-order valence-electron chi connectivity index (χ2n) is 6.10. The van der Waals surface area contributed by atoms with Gasteiger partial charge >= 0.3 is 0 Å². The summed E-state index contributed by atoms with van der Waals surface area (Å²) in [6.07, 6.45) is 0. The Labute approximate surface area is 152 Å². The number of benzene rings is 2. The lowest BCUT2D eigenvalue weighted by Gasteiger charge is -2.04. The predicted octanol–water partition coefficient (Wildman–Crippen LogP) is 5.21. The highest BCUT2D eigenvalue weighted by Crippen LogP contribution is 2.36. The fraction of sp³-hybridized carbons (Fsp3) is 0.100. The molecule has 2 aromatic carbocycles. The molecule has 0 spiro atoms. The monoisotopic (exact) mass is 368 g/mol. The van der Waals surface area contributed by atoms with Gasteiger partial charge in [-0.1, -0.05) is 12.1 Å². The third kappa shape index (κ3) is 2.72. The minimum absolute atomic E-state index is 0.268. The zero-order chi connectivity index (χ0) is 18.4. The van der Waals surface area contributed by atoms with Crippen molar-refractivity contribution in [2.75, 3.05) is 0 Å². The van der Waals surface area contributed by atoms with Crippen molar-refractivity contribution >= 4 is 21.6 Å². The van der Waals surface area contributed by atoms with Crippen LogP contribution in [0.2, 0.25) is 0 Å². The van der Waals surface area contributed by atoms with E-state index in [0.29, 0.717) is 27.2 Å². The summed E-state index contributed by atoms with van der Waals surface area (Å²) in [6.45, 7) is 3.57. The highest BCUT2D eigenvalue weighted by molar-refractivity contribution is 7.19. The summed E-state index contributed by atoms with van der Waals surface area (Å²) in [4.78, 5) is 21.6. The van der Waals surface area contributed by atoms with Crippen molar-refractivity contribution < 1.29 is 8.78 Å². The van der Waals surface area contributed by atoms with Crippen LogP contribution >= 0.6 is 11.3 Å². The average Bonchev–Trinajstić information content (AvgIpc) is 2.94. The lowest BCUT2D eigenvalue weighted by Crippen LogP contribution is -2.09. The van der Waals surface area contributed by atoms with Crippen LogP contribution in [0.3, 0.4) is 0 Å². The Bertz CT molecular complexity index is 1190. The van der Waals surface area contributed by atoms with Gasteiger partial charge < -0.3 is 4.98 Å². The molecule has 6 heteroatoms.